The molecule has 0 saturated carbocycles. The molecule has 0 unspecified atom stereocenters. The van der Waals surface area contributed by atoms with Crippen molar-refractivity contribution in [2.45, 2.75) is 32.1 Å². The summed E-state index contributed by atoms with van der Waals surface area (Å²) in [5, 5.41) is 13.9. The number of hydrogen-bond donors (Lipinski definition) is 1. The first kappa shape index (κ1) is 15.5. The van der Waals surface area contributed by atoms with Crippen LogP contribution in [0.25, 0.3) is 0 Å². The maximum Gasteiger partial charge on any atom is 0.269 e. The van der Waals surface area contributed by atoms with Gasteiger partial charge in [0.15, 0.2) is 0 Å². The largest absolute Gasteiger partial charge is 0.492 e. The minimum absolute atomic E-state index is 0.0845. The summed E-state index contributed by atoms with van der Waals surface area (Å²) in [4.78, 5) is 10.1. The van der Waals surface area contributed by atoms with Gasteiger partial charge in [0.2, 0.25) is 0 Å². The van der Waals surface area contributed by atoms with Crippen LogP contribution < -0.4 is 10.1 Å². The quantitative estimate of drug-likeness (QED) is 0.345. The zero-order chi connectivity index (χ0) is 14.9. The third-order valence-electron chi connectivity index (χ3n) is 3.60. The average molecular weight is 290 g/mol. The van der Waals surface area contributed by atoms with Crippen LogP contribution in [-0.4, -0.2) is 24.6 Å². The third-order valence-corrected chi connectivity index (χ3v) is 3.60. The Kier molecular flexibility index (Phi) is 6.22. The normalized spacial score (nSPS) is 14.6. The standard InChI is InChI=1S/C16H22N2O3/c19-18(20)15-6-8-16(9-7-15)21-13-12-17-11-10-14-4-2-1-3-5-14/h4,6-9,17H,1-3,5,10-13H2. The van der Waals surface area contributed by atoms with Gasteiger partial charge in [-0.3, -0.25) is 10.1 Å². The molecule has 114 valence electrons. The number of nitrogens with zero attached hydrogens (tertiary/aromatic N) is 1. The SMILES string of the molecule is O=[N+]([O-])c1ccc(OCCNCCC2=CCCCC2)cc1. The Morgan fingerprint density at radius 2 is 2.00 bits per heavy atom. The molecule has 0 spiro atoms. The highest BCUT2D eigenvalue weighted by molar-refractivity contribution is 5.35. The van der Waals surface area contributed by atoms with Gasteiger partial charge in [0.1, 0.15) is 12.4 Å². The van der Waals surface area contributed by atoms with E-state index in [1.807, 2.05) is 0 Å². The summed E-state index contributed by atoms with van der Waals surface area (Å²) in [6.45, 7) is 2.33. The summed E-state index contributed by atoms with van der Waals surface area (Å²) in [6.07, 6.45) is 8.64. The van der Waals surface area contributed by atoms with Gasteiger partial charge in [-0.25, -0.2) is 0 Å². The van der Waals surface area contributed by atoms with Crippen molar-refractivity contribution in [1.29, 1.82) is 0 Å². The molecule has 0 heterocycles. The van der Waals surface area contributed by atoms with Gasteiger partial charge in [0.05, 0.1) is 4.92 Å². The summed E-state index contributed by atoms with van der Waals surface area (Å²) >= 11 is 0. The Labute approximate surface area is 125 Å². The number of non-ortho nitro benzene ring substituents is 1. The predicted octanol–water partition coefficient (Wildman–Crippen LogP) is 3.45. The lowest BCUT2D eigenvalue weighted by atomic mass is 9.97. The molecule has 1 aromatic carbocycles. The number of nitro groups is 1. The highest BCUT2D eigenvalue weighted by atomic mass is 16.6. The zero-order valence-electron chi connectivity index (χ0n) is 12.2. The molecule has 0 bridgehead atoms. The minimum Gasteiger partial charge on any atom is -0.492 e. The number of benzene rings is 1. The van der Waals surface area contributed by atoms with Gasteiger partial charge >= 0.3 is 0 Å². The molecule has 0 saturated heterocycles. The number of rotatable bonds is 8. The monoisotopic (exact) mass is 290 g/mol. The van der Waals surface area contributed by atoms with Crippen LogP contribution in [0.2, 0.25) is 0 Å². The lowest BCUT2D eigenvalue weighted by Crippen LogP contribution is -2.22. The van der Waals surface area contributed by atoms with Crippen LogP contribution in [0.5, 0.6) is 5.75 Å². The molecule has 5 nitrogen and oxygen atoms in total. The van der Waals surface area contributed by atoms with Gasteiger partial charge in [-0.15, -0.1) is 0 Å². The molecule has 0 aliphatic heterocycles. The molecule has 0 amide bonds. The van der Waals surface area contributed by atoms with Gasteiger partial charge in [0, 0.05) is 18.7 Å². The van der Waals surface area contributed by atoms with Crippen molar-refractivity contribution in [1.82, 2.24) is 5.32 Å². The van der Waals surface area contributed by atoms with Gasteiger partial charge in [-0.2, -0.15) is 0 Å². The Bertz CT molecular complexity index is 483. The second kappa shape index (κ2) is 8.42. The lowest BCUT2D eigenvalue weighted by Gasteiger charge is -2.13. The smallest absolute Gasteiger partial charge is 0.269 e. The average Bonchev–Trinajstić information content (AvgIpc) is 2.52. The van der Waals surface area contributed by atoms with E-state index < -0.39 is 4.92 Å². The summed E-state index contributed by atoms with van der Waals surface area (Å²) in [7, 11) is 0. The molecule has 0 aromatic heterocycles. The summed E-state index contributed by atoms with van der Waals surface area (Å²) in [5.41, 5.74) is 1.66. The Morgan fingerprint density at radius 3 is 2.67 bits per heavy atom. The van der Waals surface area contributed by atoms with E-state index in [4.69, 9.17) is 4.74 Å². The number of ether oxygens (including phenoxy) is 1. The van der Waals surface area contributed by atoms with Crippen molar-refractivity contribution in [3.05, 3.63) is 46.0 Å². The highest BCUT2D eigenvalue weighted by Gasteiger charge is 2.04. The molecule has 5 heteroatoms. The summed E-state index contributed by atoms with van der Waals surface area (Å²) in [5.74, 6) is 0.664. The van der Waals surface area contributed by atoms with Crippen LogP contribution in [0.1, 0.15) is 32.1 Å². The Balaban J connectivity index is 1.57. The molecule has 1 aliphatic carbocycles. The Morgan fingerprint density at radius 1 is 1.19 bits per heavy atom. The van der Waals surface area contributed by atoms with Crippen molar-refractivity contribution < 1.29 is 9.66 Å². The maximum atomic E-state index is 10.5. The van der Waals surface area contributed by atoms with Gasteiger partial charge in [-0.1, -0.05) is 11.6 Å². The van der Waals surface area contributed by atoms with E-state index in [9.17, 15) is 10.1 Å². The fourth-order valence-corrected chi connectivity index (χ4v) is 2.41. The highest BCUT2D eigenvalue weighted by Crippen LogP contribution is 2.19. The van der Waals surface area contributed by atoms with Crippen LogP contribution in [-0.2, 0) is 0 Å². The van der Waals surface area contributed by atoms with Crippen LogP contribution in [0.4, 0.5) is 5.69 Å². The van der Waals surface area contributed by atoms with E-state index in [1.165, 1.54) is 37.8 Å². The van der Waals surface area contributed by atoms with Crippen molar-refractivity contribution in [2.24, 2.45) is 0 Å². The first-order valence-electron chi connectivity index (χ1n) is 7.51. The molecular weight excluding hydrogens is 268 g/mol. The molecule has 0 fully saturated rings. The number of nitrogens with one attached hydrogen (secondary N) is 1. The molecule has 2 rings (SSSR count). The lowest BCUT2D eigenvalue weighted by molar-refractivity contribution is -0.384. The van der Waals surface area contributed by atoms with Crippen LogP contribution in [0.15, 0.2) is 35.9 Å². The second-order valence-corrected chi connectivity index (χ2v) is 5.21. The third kappa shape index (κ3) is 5.55. The molecular formula is C16H22N2O3. The van der Waals surface area contributed by atoms with Crippen LogP contribution >= 0.6 is 0 Å². The molecule has 1 aliphatic rings. The van der Waals surface area contributed by atoms with Crippen molar-refractivity contribution >= 4 is 5.69 Å². The van der Waals surface area contributed by atoms with Crippen LogP contribution in [0.3, 0.4) is 0 Å². The Hall–Kier alpha value is -1.88. The molecule has 1 aromatic rings. The molecule has 21 heavy (non-hydrogen) atoms. The fraction of sp³-hybridized carbons (Fsp3) is 0.500. The minimum atomic E-state index is -0.411. The van der Waals surface area contributed by atoms with Gasteiger partial charge in [-0.05, 0) is 50.8 Å². The van der Waals surface area contributed by atoms with Gasteiger partial charge < -0.3 is 10.1 Å². The van der Waals surface area contributed by atoms with Crippen molar-refractivity contribution in [3.8, 4) is 5.75 Å². The fourth-order valence-electron chi connectivity index (χ4n) is 2.41. The summed E-state index contributed by atoms with van der Waals surface area (Å²) in [6, 6.07) is 6.17. The maximum absolute atomic E-state index is 10.5. The van der Waals surface area contributed by atoms with E-state index in [2.05, 4.69) is 11.4 Å². The van der Waals surface area contributed by atoms with Crippen molar-refractivity contribution in [3.63, 3.8) is 0 Å². The molecule has 1 N–H and O–H groups in total. The predicted molar refractivity (Wildman–Crippen MR) is 82.6 cm³/mol. The summed E-state index contributed by atoms with van der Waals surface area (Å²) < 4.78 is 5.53. The zero-order valence-corrected chi connectivity index (χ0v) is 12.2. The van der Waals surface area contributed by atoms with E-state index in [-0.39, 0.29) is 5.69 Å². The first-order valence-corrected chi connectivity index (χ1v) is 7.51. The first-order chi connectivity index (χ1) is 10.3. The van der Waals surface area contributed by atoms with Crippen LogP contribution in [0, 0.1) is 10.1 Å². The van der Waals surface area contributed by atoms with Gasteiger partial charge in [0.25, 0.3) is 5.69 Å². The van der Waals surface area contributed by atoms with E-state index in [0.29, 0.717) is 12.4 Å². The number of allylic oxidation sites excluding steroid dienone is 1. The van der Waals surface area contributed by atoms with E-state index in [0.717, 1.165) is 19.5 Å². The topological polar surface area (TPSA) is 64.4 Å². The second-order valence-electron chi connectivity index (χ2n) is 5.21. The van der Waals surface area contributed by atoms with E-state index in [1.54, 1.807) is 17.7 Å². The molecule has 0 atom stereocenters. The number of hydrogen-bond acceptors (Lipinski definition) is 4. The van der Waals surface area contributed by atoms with E-state index >= 15 is 0 Å². The number of nitro benzene ring substituents is 1. The van der Waals surface area contributed by atoms with Crippen molar-refractivity contribution in [2.75, 3.05) is 19.7 Å². The molecule has 0 radical (unpaired) electrons.